The Morgan fingerprint density at radius 2 is 1.72 bits per heavy atom. The Balaban J connectivity index is 0.00000151. The smallest absolute Gasteiger partial charge is 0.243 e. The lowest BCUT2D eigenvalue weighted by molar-refractivity contribution is -0.00502. The molecule has 0 spiro atoms. The maximum atomic E-state index is 12.9. The molecule has 5 nitrogen and oxygen atoms in total. The number of methoxy groups -OCH3 is 1. The SMILES string of the molecule is CC.COCCOC1CCN(S(=O)(=O)c2ccccc2C(C)C)CC1. The van der Waals surface area contributed by atoms with E-state index in [0.717, 1.165) is 18.4 Å². The number of benzene rings is 1. The molecule has 25 heavy (non-hydrogen) atoms. The van der Waals surface area contributed by atoms with Crippen molar-refractivity contribution in [2.45, 2.75) is 57.5 Å². The molecule has 1 aliphatic heterocycles. The average molecular weight is 372 g/mol. The van der Waals surface area contributed by atoms with Crippen molar-refractivity contribution < 1.29 is 17.9 Å². The van der Waals surface area contributed by atoms with E-state index >= 15 is 0 Å². The molecule has 2 rings (SSSR count). The van der Waals surface area contributed by atoms with Gasteiger partial charge < -0.3 is 9.47 Å². The number of hydrogen-bond acceptors (Lipinski definition) is 4. The van der Waals surface area contributed by atoms with Crippen molar-refractivity contribution in [2.75, 3.05) is 33.4 Å². The lowest BCUT2D eigenvalue weighted by Gasteiger charge is -2.31. The van der Waals surface area contributed by atoms with Gasteiger partial charge in [-0.2, -0.15) is 4.31 Å². The van der Waals surface area contributed by atoms with E-state index in [0.29, 0.717) is 31.2 Å². The largest absolute Gasteiger partial charge is 0.382 e. The average Bonchev–Trinajstić information content (AvgIpc) is 2.64. The summed E-state index contributed by atoms with van der Waals surface area (Å²) in [5, 5.41) is 0. The molecule has 0 amide bonds. The molecule has 0 atom stereocenters. The highest BCUT2D eigenvalue weighted by Gasteiger charge is 2.31. The summed E-state index contributed by atoms with van der Waals surface area (Å²) >= 11 is 0. The summed E-state index contributed by atoms with van der Waals surface area (Å²) in [5.41, 5.74) is 0.881. The van der Waals surface area contributed by atoms with Crippen LogP contribution in [0.15, 0.2) is 29.2 Å². The number of hydrogen-bond donors (Lipinski definition) is 0. The van der Waals surface area contributed by atoms with Crippen LogP contribution in [0.4, 0.5) is 0 Å². The van der Waals surface area contributed by atoms with Gasteiger partial charge >= 0.3 is 0 Å². The first-order valence-electron chi connectivity index (χ1n) is 9.16. The fraction of sp³-hybridized carbons (Fsp3) is 0.684. The number of sulfonamides is 1. The van der Waals surface area contributed by atoms with Gasteiger partial charge in [-0.1, -0.05) is 45.9 Å². The van der Waals surface area contributed by atoms with Crippen molar-refractivity contribution in [3.05, 3.63) is 29.8 Å². The van der Waals surface area contributed by atoms with Gasteiger partial charge in [0.15, 0.2) is 0 Å². The molecule has 1 fully saturated rings. The second kappa shape index (κ2) is 10.9. The lowest BCUT2D eigenvalue weighted by atomic mass is 10.0. The van der Waals surface area contributed by atoms with Gasteiger partial charge in [0, 0.05) is 20.2 Å². The van der Waals surface area contributed by atoms with Crippen molar-refractivity contribution in [2.24, 2.45) is 0 Å². The third kappa shape index (κ3) is 6.06. The van der Waals surface area contributed by atoms with E-state index in [9.17, 15) is 8.42 Å². The van der Waals surface area contributed by atoms with Gasteiger partial charge in [-0.05, 0) is 30.4 Å². The van der Waals surface area contributed by atoms with Crippen LogP contribution in [0.2, 0.25) is 0 Å². The molecule has 6 heteroatoms. The minimum atomic E-state index is -3.43. The molecular formula is C19H33NO4S. The topological polar surface area (TPSA) is 55.8 Å². The molecule has 0 aliphatic carbocycles. The zero-order valence-electron chi connectivity index (χ0n) is 16.2. The molecule has 1 aliphatic rings. The molecule has 1 saturated heterocycles. The van der Waals surface area contributed by atoms with E-state index in [1.54, 1.807) is 23.5 Å². The van der Waals surface area contributed by atoms with Crippen molar-refractivity contribution >= 4 is 10.0 Å². The molecule has 0 unspecified atom stereocenters. The Hall–Kier alpha value is -0.950. The number of ether oxygens (including phenoxy) is 2. The molecule has 0 aromatic heterocycles. The van der Waals surface area contributed by atoms with Crippen LogP contribution in [0, 0.1) is 0 Å². The third-order valence-electron chi connectivity index (χ3n) is 4.20. The first-order chi connectivity index (χ1) is 12.0. The first kappa shape index (κ1) is 22.1. The summed E-state index contributed by atoms with van der Waals surface area (Å²) in [6, 6.07) is 7.30. The second-order valence-corrected chi connectivity index (χ2v) is 8.07. The Labute approximate surface area is 153 Å². The van der Waals surface area contributed by atoms with Crippen LogP contribution < -0.4 is 0 Å². The van der Waals surface area contributed by atoms with Crippen LogP contribution in [0.5, 0.6) is 0 Å². The highest BCUT2D eigenvalue weighted by molar-refractivity contribution is 7.89. The standard InChI is InChI=1S/C17H27NO4S.C2H6/c1-14(2)16-6-4-5-7-17(16)23(19,20)18-10-8-15(9-11-18)22-13-12-21-3;1-2/h4-7,14-15H,8-13H2,1-3H3;1-2H3. The summed E-state index contributed by atoms with van der Waals surface area (Å²) < 4.78 is 38.2. The zero-order valence-corrected chi connectivity index (χ0v) is 17.0. The van der Waals surface area contributed by atoms with Gasteiger partial charge in [0.2, 0.25) is 10.0 Å². The molecule has 0 saturated carbocycles. The highest BCUT2D eigenvalue weighted by atomic mass is 32.2. The van der Waals surface area contributed by atoms with Crippen LogP contribution in [0.25, 0.3) is 0 Å². The quantitative estimate of drug-likeness (QED) is 0.687. The van der Waals surface area contributed by atoms with Crippen molar-refractivity contribution in [1.29, 1.82) is 0 Å². The number of nitrogens with zero attached hydrogens (tertiary/aromatic N) is 1. The van der Waals surface area contributed by atoms with Gasteiger partial charge in [-0.3, -0.25) is 0 Å². The Morgan fingerprint density at radius 3 is 2.28 bits per heavy atom. The summed E-state index contributed by atoms with van der Waals surface area (Å²) in [4.78, 5) is 0.439. The van der Waals surface area contributed by atoms with Crippen LogP contribution in [0.1, 0.15) is 52.0 Å². The van der Waals surface area contributed by atoms with Crippen molar-refractivity contribution in [3.8, 4) is 0 Å². The maximum absolute atomic E-state index is 12.9. The molecule has 0 radical (unpaired) electrons. The summed E-state index contributed by atoms with van der Waals surface area (Å²) in [5.74, 6) is 0.177. The summed E-state index contributed by atoms with van der Waals surface area (Å²) in [7, 11) is -1.79. The lowest BCUT2D eigenvalue weighted by Crippen LogP contribution is -2.41. The molecule has 1 aromatic carbocycles. The Morgan fingerprint density at radius 1 is 1.12 bits per heavy atom. The van der Waals surface area contributed by atoms with E-state index in [1.807, 2.05) is 39.8 Å². The van der Waals surface area contributed by atoms with E-state index in [1.165, 1.54) is 0 Å². The van der Waals surface area contributed by atoms with Crippen molar-refractivity contribution in [3.63, 3.8) is 0 Å². The van der Waals surface area contributed by atoms with Gasteiger partial charge in [-0.15, -0.1) is 0 Å². The predicted molar refractivity (Wildman–Crippen MR) is 101 cm³/mol. The summed E-state index contributed by atoms with van der Waals surface area (Å²) in [6.07, 6.45) is 1.58. The minimum Gasteiger partial charge on any atom is -0.382 e. The fourth-order valence-electron chi connectivity index (χ4n) is 2.87. The van der Waals surface area contributed by atoms with E-state index < -0.39 is 10.0 Å². The van der Waals surface area contributed by atoms with E-state index in [2.05, 4.69) is 0 Å². The molecule has 0 N–H and O–H groups in total. The second-order valence-electron chi connectivity index (χ2n) is 6.16. The van der Waals surface area contributed by atoms with Gasteiger partial charge in [0.1, 0.15) is 0 Å². The van der Waals surface area contributed by atoms with Gasteiger partial charge in [0.05, 0.1) is 24.2 Å². The van der Waals surface area contributed by atoms with Gasteiger partial charge in [0.25, 0.3) is 0 Å². The van der Waals surface area contributed by atoms with Gasteiger partial charge in [-0.25, -0.2) is 8.42 Å². The van der Waals surface area contributed by atoms with Crippen LogP contribution in [-0.2, 0) is 19.5 Å². The molecule has 1 heterocycles. The van der Waals surface area contributed by atoms with Crippen LogP contribution in [-0.4, -0.2) is 52.2 Å². The molecule has 144 valence electrons. The highest BCUT2D eigenvalue weighted by Crippen LogP contribution is 2.28. The first-order valence-corrected chi connectivity index (χ1v) is 10.6. The third-order valence-corrected chi connectivity index (χ3v) is 6.17. The number of piperidine rings is 1. The maximum Gasteiger partial charge on any atom is 0.243 e. The number of rotatable bonds is 7. The Kier molecular flexibility index (Phi) is 9.64. The monoisotopic (exact) mass is 371 g/mol. The molecule has 1 aromatic rings. The van der Waals surface area contributed by atoms with E-state index in [4.69, 9.17) is 9.47 Å². The summed E-state index contributed by atoms with van der Waals surface area (Å²) in [6.45, 7) is 10.2. The van der Waals surface area contributed by atoms with E-state index in [-0.39, 0.29) is 12.0 Å². The zero-order chi connectivity index (χ0) is 18.9. The van der Waals surface area contributed by atoms with Crippen molar-refractivity contribution in [1.82, 2.24) is 4.31 Å². The predicted octanol–water partition coefficient (Wildman–Crippen LogP) is 3.65. The van der Waals surface area contributed by atoms with Crippen LogP contribution >= 0.6 is 0 Å². The Bertz CT molecular complexity index is 593. The normalized spacial score (nSPS) is 16.6. The molecular weight excluding hydrogens is 338 g/mol. The fourth-order valence-corrected chi connectivity index (χ4v) is 4.69. The minimum absolute atomic E-state index is 0.122. The van der Waals surface area contributed by atoms with Crippen LogP contribution in [0.3, 0.4) is 0 Å². The molecule has 0 bridgehead atoms.